The maximum absolute atomic E-state index is 2.45. The zero-order chi connectivity index (χ0) is 12.9. The van der Waals surface area contributed by atoms with E-state index in [0.717, 1.165) is 23.7 Å². The molecule has 0 aromatic heterocycles. The van der Waals surface area contributed by atoms with Crippen molar-refractivity contribution in [2.45, 2.75) is 74.7 Å². The number of hydrogen-bond acceptors (Lipinski definition) is 0. The zero-order valence-corrected chi connectivity index (χ0v) is 12.9. The highest BCUT2D eigenvalue weighted by molar-refractivity contribution is 4.80. The van der Waals surface area contributed by atoms with E-state index >= 15 is 0 Å². The second kappa shape index (κ2) is 6.67. The molecule has 2 atom stereocenters. The lowest BCUT2D eigenvalue weighted by molar-refractivity contribution is 0.125. The Bertz CT molecular complexity index is 176. The van der Waals surface area contributed by atoms with E-state index < -0.39 is 0 Å². The first-order valence-corrected chi connectivity index (χ1v) is 7.16. The maximum atomic E-state index is 2.45. The fourth-order valence-corrected chi connectivity index (χ4v) is 2.85. The Morgan fingerprint density at radius 3 is 1.62 bits per heavy atom. The Morgan fingerprint density at radius 1 is 0.750 bits per heavy atom. The van der Waals surface area contributed by atoms with Crippen LogP contribution in [0.5, 0.6) is 0 Å². The first-order chi connectivity index (χ1) is 7.16. The van der Waals surface area contributed by atoms with Crippen LogP contribution in [-0.4, -0.2) is 0 Å². The molecule has 0 aliphatic heterocycles. The van der Waals surface area contributed by atoms with Gasteiger partial charge in [-0.2, -0.15) is 0 Å². The van der Waals surface area contributed by atoms with Gasteiger partial charge in [0.05, 0.1) is 0 Å². The minimum Gasteiger partial charge on any atom is -0.0628 e. The van der Waals surface area contributed by atoms with Crippen LogP contribution in [0.3, 0.4) is 0 Å². The summed E-state index contributed by atoms with van der Waals surface area (Å²) in [6, 6.07) is 0. The molecule has 2 unspecified atom stereocenters. The highest BCUT2D eigenvalue weighted by Crippen LogP contribution is 2.39. The van der Waals surface area contributed by atoms with Crippen molar-refractivity contribution in [3.8, 4) is 0 Å². The van der Waals surface area contributed by atoms with Gasteiger partial charge in [0.25, 0.3) is 0 Å². The van der Waals surface area contributed by atoms with Crippen LogP contribution >= 0.6 is 0 Å². The number of hydrogen-bond donors (Lipinski definition) is 0. The Labute approximate surface area is 104 Å². The molecule has 0 amide bonds. The molecular weight excluding hydrogens is 192 g/mol. The Balaban J connectivity index is 4.23. The summed E-state index contributed by atoms with van der Waals surface area (Å²) < 4.78 is 0. The molecule has 0 fully saturated rings. The van der Waals surface area contributed by atoms with Gasteiger partial charge in [0.2, 0.25) is 0 Å². The normalized spacial score (nSPS) is 16.9. The van der Waals surface area contributed by atoms with E-state index in [4.69, 9.17) is 0 Å². The molecule has 16 heavy (non-hydrogen) atoms. The van der Waals surface area contributed by atoms with Gasteiger partial charge >= 0.3 is 0 Å². The predicted octanol–water partition coefficient (Wildman–Crippen LogP) is 5.77. The van der Waals surface area contributed by atoms with E-state index in [1.807, 2.05) is 0 Å². The van der Waals surface area contributed by atoms with Crippen molar-refractivity contribution < 1.29 is 0 Å². The molecule has 0 rings (SSSR count). The highest BCUT2D eigenvalue weighted by atomic mass is 14.4. The largest absolute Gasteiger partial charge is 0.0628 e. The molecule has 0 aliphatic rings. The minimum absolute atomic E-state index is 0.491. The van der Waals surface area contributed by atoms with Crippen LogP contribution < -0.4 is 0 Å². The van der Waals surface area contributed by atoms with Crippen LogP contribution in [0.1, 0.15) is 74.7 Å². The third-order valence-electron chi connectivity index (χ3n) is 4.22. The summed E-state index contributed by atoms with van der Waals surface area (Å²) in [6.07, 6.45) is 4.11. The van der Waals surface area contributed by atoms with Crippen molar-refractivity contribution >= 4 is 0 Å². The molecule has 0 heterocycles. The first-order valence-electron chi connectivity index (χ1n) is 7.16. The second-order valence-electron chi connectivity index (χ2n) is 7.32. The Hall–Kier alpha value is 0. The molecule has 0 aromatic carbocycles. The minimum atomic E-state index is 0.491. The van der Waals surface area contributed by atoms with Gasteiger partial charge in [-0.3, -0.25) is 0 Å². The fraction of sp³-hybridized carbons (Fsp3) is 1.00. The van der Waals surface area contributed by atoms with Gasteiger partial charge in [-0.1, -0.05) is 68.2 Å². The molecule has 0 spiro atoms. The average molecular weight is 226 g/mol. The van der Waals surface area contributed by atoms with Crippen molar-refractivity contribution in [2.24, 2.45) is 29.1 Å². The summed E-state index contributed by atoms with van der Waals surface area (Å²) in [4.78, 5) is 0. The van der Waals surface area contributed by atoms with Gasteiger partial charge in [-0.25, -0.2) is 0 Å². The molecule has 0 N–H and O–H groups in total. The first kappa shape index (κ1) is 16.0. The molecule has 0 bridgehead atoms. The average Bonchev–Trinajstić information content (AvgIpc) is 2.10. The summed E-state index contributed by atoms with van der Waals surface area (Å²) in [5.74, 6) is 3.35. The van der Waals surface area contributed by atoms with E-state index in [0.29, 0.717) is 5.41 Å². The van der Waals surface area contributed by atoms with Gasteiger partial charge in [-0.15, -0.1) is 0 Å². The van der Waals surface area contributed by atoms with Gasteiger partial charge in [-0.05, 0) is 35.5 Å². The molecule has 0 aromatic rings. The van der Waals surface area contributed by atoms with Crippen LogP contribution in [0.15, 0.2) is 0 Å². The summed E-state index contributed by atoms with van der Waals surface area (Å²) >= 11 is 0. The van der Waals surface area contributed by atoms with Crippen molar-refractivity contribution in [3.63, 3.8) is 0 Å². The molecule has 0 saturated carbocycles. The van der Waals surface area contributed by atoms with Crippen LogP contribution in [-0.2, 0) is 0 Å². The SMILES string of the molecule is CC(C)CCC(C)C(C)C(C)(C)CC(C)C. The van der Waals surface area contributed by atoms with Gasteiger partial charge in [0, 0.05) is 0 Å². The lowest BCUT2D eigenvalue weighted by Gasteiger charge is -2.37. The summed E-state index contributed by atoms with van der Waals surface area (Å²) in [7, 11) is 0. The Kier molecular flexibility index (Phi) is 6.67. The van der Waals surface area contributed by atoms with E-state index in [-0.39, 0.29) is 0 Å². The van der Waals surface area contributed by atoms with E-state index in [9.17, 15) is 0 Å². The zero-order valence-electron chi connectivity index (χ0n) is 12.9. The van der Waals surface area contributed by atoms with Crippen LogP contribution in [0.2, 0.25) is 0 Å². The summed E-state index contributed by atoms with van der Waals surface area (Å²) in [5.41, 5.74) is 0.491. The molecule has 0 saturated heterocycles. The third-order valence-corrected chi connectivity index (χ3v) is 4.22. The molecule has 0 nitrogen and oxygen atoms in total. The second-order valence-corrected chi connectivity index (χ2v) is 7.32. The fourth-order valence-electron chi connectivity index (χ4n) is 2.85. The molecule has 0 aliphatic carbocycles. The predicted molar refractivity (Wildman–Crippen MR) is 75.6 cm³/mol. The van der Waals surface area contributed by atoms with E-state index in [1.165, 1.54) is 19.3 Å². The summed E-state index contributed by atoms with van der Waals surface area (Å²) in [6.45, 7) is 19.1. The van der Waals surface area contributed by atoms with Crippen LogP contribution in [0, 0.1) is 29.1 Å². The van der Waals surface area contributed by atoms with E-state index in [2.05, 4.69) is 55.4 Å². The van der Waals surface area contributed by atoms with Crippen LogP contribution in [0.4, 0.5) is 0 Å². The van der Waals surface area contributed by atoms with Crippen LogP contribution in [0.25, 0.3) is 0 Å². The van der Waals surface area contributed by atoms with E-state index in [1.54, 1.807) is 0 Å². The maximum Gasteiger partial charge on any atom is -0.0324 e. The highest BCUT2D eigenvalue weighted by Gasteiger charge is 2.30. The van der Waals surface area contributed by atoms with Gasteiger partial charge < -0.3 is 0 Å². The smallest absolute Gasteiger partial charge is 0.0324 e. The lowest BCUT2D eigenvalue weighted by Crippen LogP contribution is -2.28. The topological polar surface area (TPSA) is 0 Å². The monoisotopic (exact) mass is 226 g/mol. The number of rotatable bonds is 7. The van der Waals surface area contributed by atoms with Crippen molar-refractivity contribution in [1.82, 2.24) is 0 Å². The lowest BCUT2D eigenvalue weighted by atomic mass is 9.68. The summed E-state index contributed by atoms with van der Waals surface area (Å²) in [5, 5.41) is 0. The van der Waals surface area contributed by atoms with Crippen molar-refractivity contribution in [2.75, 3.05) is 0 Å². The molecular formula is C16H34. The van der Waals surface area contributed by atoms with Gasteiger partial charge in [0.1, 0.15) is 0 Å². The molecule has 98 valence electrons. The molecule has 0 radical (unpaired) electrons. The van der Waals surface area contributed by atoms with Crippen molar-refractivity contribution in [3.05, 3.63) is 0 Å². The van der Waals surface area contributed by atoms with Crippen molar-refractivity contribution in [1.29, 1.82) is 0 Å². The third kappa shape index (κ3) is 5.92. The Morgan fingerprint density at radius 2 is 1.25 bits per heavy atom. The van der Waals surface area contributed by atoms with Gasteiger partial charge in [0.15, 0.2) is 0 Å². The molecule has 0 heteroatoms. The standard InChI is InChI=1S/C16H34/c1-12(2)9-10-14(5)15(6)16(7,8)11-13(3)4/h12-15H,9-11H2,1-8H3. The quantitative estimate of drug-likeness (QED) is 0.517.